The number of aromatic nitrogens is 1. The van der Waals surface area contributed by atoms with Crippen LogP contribution in [0.2, 0.25) is 0 Å². The van der Waals surface area contributed by atoms with E-state index in [1.165, 1.54) is 12.8 Å². The van der Waals surface area contributed by atoms with Gasteiger partial charge in [0, 0.05) is 67.8 Å². The zero-order valence-electron chi connectivity index (χ0n) is 23.1. The number of nitrogens with one attached hydrogen (secondary N) is 3. The number of hydrogen-bond acceptors (Lipinski definition) is 7. The molecule has 3 fully saturated rings. The number of anilines is 1. The van der Waals surface area contributed by atoms with Gasteiger partial charge in [-0.05, 0) is 69.2 Å². The van der Waals surface area contributed by atoms with Gasteiger partial charge in [-0.1, -0.05) is 22.9 Å². The molecule has 9 nitrogen and oxygen atoms in total. The second-order valence-electron chi connectivity index (χ2n) is 11.7. The number of carbonyl (C=O) groups excluding carboxylic acids is 2. The molecular weight excluding hydrogens is 558 g/mol. The molecule has 4 aliphatic rings. The summed E-state index contributed by atoms with van der Waals surface area (Å²) < 4.78 is 0.952. The van der Waals surface area contributed by atoms with Crippen molar-refractivity contribution >= 4 is 33.4 Å². The van der Waals surface area contributed by atoms with Gasteiger partial charge in [-0.2, -0.15) is 0 Å². The predicted molar refractivity (Wildman–Crippen MR) is 157 cm³/mol. The Morgan fingerprint density at radius 3 is 2.56 bits per heavy atom. The Kier molecular flexibility index (Phi) is 8.63. The van der Waals surface area contributed by atoms with Gasteiger partial charge in [0.1, 0.15) is 0 Å². The molecule has 2 unspecified atom stereocenters. The molecule has 1 spiro atoms. The monoisotopic (exact) mass is 599 g/mol. The van der Waals surface area contributed by atoms with Crippen molar-refractivity contribution < 1.29 is 9.59 Å². The van der Waals surface area contributed by atoms with Crippen molar-refractivity contribution in [3.05, 3.63) is 45.9 Å². The topological polar surface area (TPSA) is 116 Å². The highest BCUT2D eigenvalue weighted by molar-refractivity contribution is 9.11. The van der Waals surface area contributed by atoms with Crippen molar-refractivity contribution in [2.24, 2.45) is 17.1 Å². The molecule has 212 valence electrons. The van der Waals surface area contributed by atoms with Crippen molar-refractivity contribution in [2.45, 2.75) is 57.5 Å². The molecule has 0 aromatic carbocycles. The van der Waals surface area contributed by atoms with E-state index in [2.05, 4.69) is 43.8 Å². The average molecular weight is 601 g/mol. The van der Waals surface area contributed by atoms with Crippen molar-refractivity contribution in [3.63, 3.8) is 0 Å². The summed E-state index contributed by atoms with van der Waals surface area (Å²) in [6.45, 7) is 7.06. The lowest BCUT2D eigenvalue weighted by atomic mass is 9.71. The fraction of sp³-hybridized carbons (Fsp3) is 0.621. The van der Waals surface area contributed by atoms with E-state index in [9.17, 15) is 9.59 Å². The van der Waals surface area contributed by atoms with Gasteiger partial charge in [-0.3, -0.25) is 14.6 Å². The number of likely N-dealkylation sites (tertiary alicyclic amines) is 2. The summed E-state index contributed by atoms with van der Waals surface area (Å²) in [6, 6.07) is 1.52. The Morgan fingerprint density at radius 2 is 1.85 bits per heavy atom. The first kappa shape index (κ1) is 28.1. The van der Waals surface area contributed by atoms with Crippen LogP contribution in [0.1, 0.15) is 55.8 Å². The fourth-order valence-corrected chi connectivity index (χ4v) is 7.00. The molecular formula is C29H42BrN7O2. The van der Waals surface area contributed by atoms with E-state index >= 15 is 0 Å². The van der Waals surface area contributed by atoms with Gasteiger partial charge in [-0.25, -0.2) is 0 Å². The van der Waals surface area contributed by atoms with Crippen LogP contribution in [0, 0.1) is 11.3 Å². The van der Waals surface area contributed by atoms with Gasteiger partial charge in [-0.15, -0.1) is 0 Å². The summed E-state index contributed by atoms with van der Waals surface area (Å²) in [4.78, 5) is 35.3. The van der Waals surface area contributed by atoms with Crippen LogP contribution < -0.4 is 21.7 Å². The lowest BCUT2D eigenvalue weighted by Crippen LogP contribution is -2.52. The molecule has 0 bridgehead atoms. The van der Waals surface area contributed by atoms with E-state index in [0.717, 1.165) is 67.7 Å². The van der Waals surface area contributed by atoms with Gasteiger partial charge in [0.25, 0.3) is 11.8 Å². The molecule has 3 saturated heterocycles. The molecule has 3 aliphatic heterocycles. The molecule has 2 amide bonds. The highest BCUT2D eigenvalue weighted by Gasteiger charge is 2.39. The number of pyridine rings is 1. The first-order valence-electron chi connectivity index (χ1n) is 14.4. The van der Waals surface area contributed by atoms with Gasteiger partial charge < -0.3 is 31.5 Å². The lowest BCUT2D eigenvalue weighted by molar-refractivity contribution is -0.129. The van der Waals surface area contributed by atoms with Crippen LogP contribution in [0.25, 0.3) is 0 Å². The normalized spacial score (nSPS) is 27.3. The SMILES string of the molecule is CNc1cncc(C(=O)N2CCC[C@@H](NC3=C(C(=O)N4CCC5(CCNCC5)CC4)C=C(Br)C(C)C3N)C2)c1. The summed E-state index contributed by atoms with van der Waals surface area (Å²) >= 11 is 3.68. The number of nitrogens with two attached hydrogens (primary N) is 1. The van der Waals surface area contributed by atoms with Crippen molar-refractivity contribution in [1.82, 2.24) is 25.4 Å². The van der Waals surface area contributed by atoms with Crippen LogP contribution in [0.15, 0.2) is 40.3 Å². The number of carbonyl (C=O) groups is 2. The van der Waals surface area contributed by atoms with E-state index in [0.29, 0.717) is 29.6 Å². The third-order valence-electron chi connectivity index (χ3n) is 9.23. The molecule has 4 heterocycles. The van der Waals surface area contributed by atoms with Crippen LogP contribution >= 0.6 is 15.9 Å². The number of nitrogens with zero attached hydrogens (tertiary/aromatic N) is 3. The molecule has 0 radical (unpaired) electrons. The zero-order chi connectivity index (χ0) is 27.6. The number of halogens is 1. The first-order valence-corrected chi connectivity index (χ1v) is 15.1. The fourth-order valence-electron chi connectivity index (χ4n) is 6.49. The second-order valence-corrected chi connectivity index (χ2v) is 12.6. The molecule has 3 atom stereocenters. The first-order chi connectivity index (χ1) is 18.8. The minimum absolute atomic E-state index is 0.0174. The van der Waals surface area contributed by atoms with Crippen LogP contribution in [-0.2, 0) is 4.79 Å². The number of piperidine rings is 3. The standard InChI is InChI=1S/C29H42BrN7O2/c1-19-24(30)15-23(28(39)36-12-7-29(8-13-36)5-9-33-10-6-29)26(25(19)31)35-21-4-3-11-37(18-21)27(38)20-14-22(32-2)17-34-16-20/h14-17,19,21,25,32-33,35H,3-13,18,31H2,1-2H3/t19?,21-,25?/m1/s1. The molecule has 1 aliphatic carbocycles. The average Bonchev–Trinajstić information content (AvgIpc) is 2.97. The van der Waals surface area contributed by atoms with Crippen molar-refractivity contribution in [1.29, 1.82) is 0 Å². The van der Waals surface area contributed by atoms with E-state index in [-0.39, 0.29) is 29.8 Å². The van der Waals surface area contributed by atoms with Gasteiger partial charge >= 0.3 is 0 Å². The predicted octanol–water partition coefficient (Wildman–Crippen LogP) is 2.82. The Bertz CT molecular complexity index is 1140. The van der Waals surface area contributed by atoms with Gasteiger partial charge in [0.15, 0.2) is 0 Å². The van der Waals surface area contributed by atoms with Gasteiger partial charge in [0.2, 0.25) is 0 Å². The third kappa shape index (κ3) is 6.02. The Balaban J connectivity index is 1.32. The van der Waals surface area contributed by atoms with E-state index in [1.54, 1.807) is 12.4 Å². The summed E-state index contributed by atoms with van der Waals surface area (Å²) in [7, 11) is 1.81. The minimum atomic E-state index is -0.327. The highest BCUT2D eigenvalue weighted by Crippen LogP contribution is 2.40. The Labute approximate surface area is 240 Å². The maximum atomic E-state index is 13.9. The molecule has 5 rings (SSSR count). The summed E-state index contributed by atoms with van der Waals surface area (Å²) in [5.41, 5.74) is 9.97. The summed E-state index contributed by atoms with van der Waals surface area (Å²) in [5.74, 6) is 0.0832. The molecule has 0 saturated carbocycles. The quantitative estimate of drug-likeness (QED) is 0.411. The Morgan fingerprint density at radius 1 is 1.10 bits per heavy atom. The molecule has 1 aromatic heterocycles. The van der Waals surface area contributed by atoms with Crippen LogP contribution in [0.5, 0.6) is 0 Å². The van der Waals surface area contributed by atoms with E-state index < -0.39 is 0 Å². The minimum Gasteiger partial charge on any atom is -0.387 e. The molecule has 5 N–H and O–H groups in total. The van der Waals surface area contributed by atoms with E-state index in [1.807, 2.05) is 29.0 Å². The van der Waals surface area contributed by atoms with Crippen molar-refractivity contribution in [3.8, 4) is 0 Å². The molecule has 1 aromatic rings. The lowest BCUT2D eigenvalue weighted by Gasteiger charge is -2.45. The van der Waals surface area contributed by atoms with E-state index in [4.69, 9.17) is 5.73 Å². The van der Waals surface area contributed by atoms with Crippen LogP contribution in [0.4, 0.5) is 5.69 Å². The zero-order valence-corrected chi connectivity index (χ0v) is 24.7. The molecule has 10 heteroatoms. The largest absolute Gasteiger partial charge is 0.387 e. The highest BCUT2D eigenvalue weighted by atomic mass is 79.9. The number of rotatable bonds is 5. The van der Waals surface area contributed by atoms with Crippen LogP contribution in [0.3, 0.4) is 0 Å². The summed E-state index contributed by atoms with van der Waals surface area (Å²) in [6.07, 6.45) is 11.6. The third-order valence-corrected chi connectivity index (χ3v) is 10.2. The summed E-state index contributed by atoms with van der Waals surface area (Å²) in [5, 5.41) is 10.2. The molecule has 39 heavy (non-hydrogen) atoms. The maximum Gasteiger partial charge on any atom is 0.255 e. The van der Waals surface area contributed by atoms with Crippen molar-refractivity contribution in [2.75, 3.05) is 51.6 Å². The second kappa shape index (κ2) is 12.0. The number of hydrogen-bond donors (Lipinski definition) is 4. The number of amides is 2. The van der Waals surface area contributed by atoms with Gasteiger partial charge in [0.05, 0.1) is 22.9 Å². The van der Waals surface area contributed by atoms with Crippen LogP contribution in [-0.4, -0.2) is 85.0 Å². The Hall–Kier alpha value is -2.43. The smallest absolute Gasteiger partial charge is 0.255 e. The maximum absolute atomic E-state index is 13.9.